The summed E-state index contributed by atoms with van der Waals surface area (Å²) in [6, 6.07) is 25.1. The number of amides is 1. The number of hydrogen-bond acceptors (Lipinski definition) is 5. The molecule has 2 bridgehead atoms. The maximum Gasteiger partial charge on any atom is 0.308 e. The van der Waals surface area contributed by atoms with E-state index < -0.39 is 12.0 Å². The highest BCUT2D eigenvalue weighted by atomic mass is 16.6. The number of aliphatic hydroxyl groups is 1. The predicted octanol–water partition coefficient (Wildman–Crippen LogP) is 6.63. The molecule has 3 unspecified atom stereocenters. The molecule has 1 saturated heterocycles. The van der Waals surface area contributed by atoms with Crippen LogP contribution in [-0.2, 0) is 34.3 Å². The molecular formula is C42H51N2O5+. The Hall–Kier alpha value is -3.68. The molecule has 2 saturated carbocycles. The number of aliphatic hydroxyl groups excluding tert-OH is 1. The van der Waals surface area contributed by atoms with Crippen molar-refractivity contribution in [3.63, 3.8) is 0 Å². The van der Waals surface area contributed by atoms with Crippen LogP contribution in [0.25, 0.3) is 0 Å². The molecule has 5 aliphatic rings. The zero-order valence-corrected chi connectivity index (χ0v) is 28.8. The second-order valence-electron chi connectivity index (χ2n) is 15.7. The van der Waals surface area contributed by atoms with Crippen LogP contribution >= 0.6 is 0 Å². The van der Waals surface area contributed by atoms with E-state index in [1.807, 2.05) is 30.3 Å². The Morgan fingerprint density at radius 3 is 2.41 bits per heavy atom. The van der Waals surface area contributed by atoms with Gasteiger partial charge < -0.3 is 14.6 Å². The molecule has 0 radical (unpaired) electrons. The van der Waals surface area contributed by atoms with Crippen molar-refractivity contribution in [2.45, 2.75) is 108 Å². The van der Waals surface area contributed by atoms with Crippen LogP contribution in [0.2, 0.25) is 0 Å². The molecule has 0 aromatic heterocycles. The summed E-state index contributed by atoms with van der Waals surface area (Å²) in [5, 5.41) is 11.7. The second kappa shape index (κ2) is 13.2. The molecule has 3 fully saturated rings. The molecule has 7 nitrogen and oxygen atoms in total. The molecule has 2 aliphatic heterocycles. The fourth-order valence-corrected chi connectivity index (χ4v) is 10.3. The molecule has 1 spiro atoms. The zero-order valence-electron chi connectivity index (χ0n) is 28.8. The Morgan fingerprint density at radius 1 is 0.959 bits per heavy atom. The summed E-state index contributed by atoms with van der Waals surface area (Å²) in [7, 11) is 0. The Bertz CT molecular complexity index is 1680. The molecule has 3 aromatic carbocycles. The van der Waals surface area contributed by atoms with E-state index in [1.54, 1.807) is 0 Å². The Kier molecular flexibility index (Phi) is 8.77. The highest BCUT2D eigenvalue weighted by molar-refractivity contribution is 5.78. The van der Waals surface area contributed by atoms with E-state index in [0.29, 0.717) is 35.0 Å². The van der Waals surface area contributed by atoms with Gasteiger partial charge in [-0.3, -0.25) is 9.59 Å². The lowest BCUT2D eigenvalue weighted by atomic mass is 9.51. The van der Waals surface area contributed by atoms with Gasteiger partial charge in [0.2, 0.25) is 0 Å². The number of likely N-dealkylation sites (tertiary alicyclic amines) is 1. The average molecular weight is 664 g/mol. The summed E-state index contributed by atoms with van der Waals surface area (Å²) in [5.74, 6) is 1.53. The lowest BCUT2D eigenvalue weighted by Gasteiger charge is -2.61. The van der Waals surface area contributed by atoms with Gasteiger partial charge in [0.25, 0.3) is 5.91 Å². The lowest BCUT2D eigenvalue weighted by Crippen LogP contribution is -2.77. The summed E-state index contributed by atoms with van der Waals surface area (Å²) in [6.07, 6.45) is 10.5. The molecule has 3 aliphatic carbocycles. The summed E-state index contributed by atoms with van der Waals surface area (Å²) in [4.78, 5) is 26.8. The normalized spacial score (nSPS) is 28.9. The van der Waals surface area contributed by atoms with Crippen molar-refractivity contribution in [1.82, 2.24) is 5.43 Å². The minimum atomic E-state index is -0.707. The number of carbonyl (C=O) groups excluding carboxylic acids is 2. The first kappa shape index (κ1) is 32.5. The van der Waals surface area contributed by atoms with Gasteiger partial charge in [-0.2, -0.15) is 0 Å². The van der Waals surface area contributed by atoms with Gasteiger partial charge in [0.15, 0.2) is 11.5 Å². The quantitative estimate of drug-likeness (QED) is 0.122. The second-order valence-corrected chi connectivity index (χ2v) is 15.7. The Balaban J connectivity index is 1.09. The number of quaternary nitrogens is 1. The molecular weight excluding hydrogens is 612 g/mol. The first-order chi connectivity index (χ1) is 23.9. The van der Waals surface area contributed by atoms with E-state index in [-0.39, 0.29) is 29.4 Å². The summed E-state index contributed by atoms with van der Waals surface area (Å²) < 4.78 is 13.0. The summed E-state index contributed by atoms with van der Waals surface area (Å²) in [5.41, 5.74) is 8.65. The van der Waals surface area contributed by atoms with Gasteiger partial charge in [-0.05, 0) is 87.0 Å². The molecule has 8 rings (SSSR count). The zero-order chi connectivity index (χ0) is 33.6. The number of nitrogens with one attached hydrogen (secondary N) is 1. The highest BCUT2D eigenvalue weighted by Gasteiger charge is 2.69. The SMILES string of the molecule is CC(=O)Oc1ccc2c3c1O[C@H]1CCC[C@H]4[C@@H](C2)[N+](CC2CC2)(NC(=O)C(CCc2ccccc2)C(O)CCCc2ccccc2)CC[C@]314. The standard InChI is InChI=1S/C42H50N2O5/c1-28(45)48-37-23-21-32-26-35-34-15-9-17-38-42(34,39(32)40(37)49-38)24-25-44(35,27-31-18-19-31)43-41(47)33(22-20-30-12-6-3-7-13-30)36(46)16-8-14-29-10-4-2-5-11-29/h2-7,10-13,21,23,31,33-36,38,46H,8-9,14-20,22,24-27H2,1H3/p+1/t33?,34-,35+,36?,38-,42+,44?/m0/s1. The van der Waals surface area contributed by atoms with Gasteiger partial charge in [0.1, 0.15) is 25.2 Å². The van der Waals surface area contributed by atoms with Crippen LogP contribution in [0.4, 0.5) is 0 Å². The van der Waals surface area contributed by atoms with Crippen LogP contribution in [-0.4, -0.2) is 52.9 Å². The number of nitrogens with zero attached hydrogens (tertiary/aromatic N) is 1. The highest BCUT2D eigenvalue weighted by Crippen LogP contribution is 2.65. The lowest BCUT2D eigenvalue weighted by molar-refractivity contribution is -0.995. The molecule has 258 valence electrons. The van der Waals surface area contributed by atoms with E-state index in [1.165, 1.54) is 42.0 Å². The number of aryl methyl sites for hydroxylation is 2. The molecule has 3 aromatic rings. The molecule has 2 heterocycles. The number of ether oxygens (including phenoxy) is 2. The van der Waals surface area contributed by atoms with Gasteiger partial charge in [-0.15, -0.1) is 0 Å². The van der Waals surface area contributed by atoms with E-state index in [4.69, 9.17) is 9.47 Å². The van der Waals surface area contributed by atoms with E-state index in [2.05, 4.69) is 47.9 Å². The van der Waals surface area contributed by atoms with Crippen LogP contribution in [0.1, 0.15) is 87.0 Å². The van der Waals surface area contributed by atoms with Crippen molar-refractivity contribution in [3.8, 4) is 11.5 Å². The van der Waals surface area contributed by atoms with Gasteiger partial charge in [-0.25, -0.2) is 10.0 Å². The van der Waals surface area contributed by atoms with Crippen LogP contribution in [0.15, 0.2) is 72.8 Å². The largest absolute Gasteiger partial charge is 0.485 e. The maximum atomic E-state index is 14.7. The van der Waals surface area contributed by atoms with Crippen molar-refractivity contribution < 1.29 is 28.8 Å². The average Bonchev–Trinajstić information content (AvgIpc) is 3.85. The molecule has 7 heteroatoms. The maximum absolute atomic E-state index is 14.7. The minimum Gasteiger partial charge on any atom is -0.485 e. The molecule has 1 amide bonds. The number of carbonyl (C=O) groups is 2. The third kappa shape index (κ3) is 6.07. The number of esters is 1. The third-order valence-corrected chi connectivity index (χ3v) is 12.7. The minimum absolute atomic E-state index is 0.00599. The van der Waals surface area contributed by atoms with Crippen LogP contribution in [0, 0.1) is 17.8 Å². The Morgan fingerprint density at radius 2 is 1.69 bits per heavy atom. The van der Waals surface area contributed by atoms with E-state index in [9.17, 15) is 14.7 Å². The first-order valence-electron chi connectivity index (χ1n) is 18.8. The monoisotopic (exact) mass is 663 g/mol. The Labute approximate surface area is 290 Å². The predicted molar refractivity (Wildman–Crippen MR) is 188 cm³/mol. The topological polar surface area (TPSA) is 84.9 Å². The van der Waals surface area contributed by atoms with Crippen LogP contribution < -0.4 is 14.9 Å². The van der Waals surface area contributed by atoms with Crippen molar-refractivity contribution in [1.29, 1.82) is 0 Å². The summed E-state index contributed by atoms with van der Waals surface area (Å²) >= 11 is 0. The smallest absolute Gasteiger partial charge is 0.308 e. The molecule has 2 N–H and O–H groups in total. The van der Waals surface area contributed by atoms with Gasteiger partial charge in [0.05, 0.1) is 17.4 Å². The number of benzene rings is 3. The molecule has 49 heavy (non-hydrogen) atoms. The number of rotatable bonds is 13. The fourth-order valence-electron chi connectivity index (χ4n) is 10.3. The summed E-state index contributed by atoms with van der Waals surface area (Å²) in [6.45, 7) is 3.26. The van der Waals surface area contributed by atoms with Crippen LogP contribution in [0.3, 0.4) is 0 Å². The van der Waals surface area contributed by atoms with Gasteiger partial charge >= 0.3 is 5.97 Å². The van der Waals surface area contributed by atoms with Crippen molar-refractivity contribution in [3.05, 3.63) is 95.1 Å². The van der Waals surface area contributed by atoms with E-state index in [0.717, 1.165) is 70.2 Å². The van der Waals surface area contributed by atoms with Crippen molar-refractivity contribution in [2.24, 2.45) is 17.8 Å². The van der Waals surface area contributed by atoms with Crippen LogP contribution in [0.5, 0.6) is 11.5 Å². The number of hydrogen-bond donors (Lipinski definition) is 2. The third-order valence-electron chi connectivity index (χ3n) is 12.7. The van der Waals surface area contributed by atoms with Crippen molar-refractivity contribution >= 4 is 11.9 Å². The van der Waals surface area contributed by atoms with Crippen molar-refractivity contribution in [2.75, 3.05) is 13.1 Å². The number of piperidine rings is 1. The fraction of sp³-hybridized carbons (Fsp3) is 0.524. The van der Waals surface area contributed by atoms with E-state index >= 15 is 0 Å². The van der Waals surface area contributed by atoms with Gasteiger partial charge in [-0.1, -0.05) is 66.7 Å². The van der Waals surface area contributed by atoms with Gasteiger partial charge in [0, 0.05) is 37.2 Å². The molecule has 7 atom stereocenters. The first-order valence-corrected chi connectivity index (χ1v) is 18.8.